The molecular formula is C16H17ClN4O3. The summed E-state index contributed by atoms with van der Waals surface area (Å²) in [7, 11) is 1.67. The van der Waals surface area contributed by atoms with E-state index in [1.165, 1.54) is 10.9 Å². The Morgan fingerprint density at radius 1 is 1.42 bits per heavy atom. The number of nitrogens with one attached hydrogen (secondary N) is 1. The lowest BCUT2D eigenvalue weighted by Crippen LogP contribution is -2.26. The summed E-state index contributed by atoms with van der Waals surface area (Å²) in [5, 5.41) is 10.6. The Bertz CT molecular complexity index is 768. The number of hydrogen-bond acceptors (Lipinski definition) is 5. The molecule has 1 atom stereocenters. The third kappa shape index (κ3) is 3.63. The summed E-state index contributed by atoms with van der Waals surface area (Å²) < 4.78 is 6.82. The summed E-state index contributed by atoms with van der Waals surface area (Å²) in [6, 6.07) is 4.83. The predicted octanol–water partition coefficient (Wildman–Crippen LogP) is 2.33. The summed E-state index contributed by atoms with van der Waals surface area (Å²) in [5.74, 6) is -0.702. The van der Waals surface area contributed by atoms with Gasteiger partial charge in [-0.2, -0.15) is 0 Å². The summed E-state index contributed by atoms with van der Waals surface area (Å²) in [6.45, 7) is 1.08. The van der Waals surface area contributed by atoms with Crippen LogP contribution in [0, 0.1) is 5.92 Å². The van der Waals surface area contributed by atoms with Crippen molar-refractivity contribution in [3.05, 3.63) is 40.7 Å². The van der Waals surface area contributed by atoms with Crippen LogP contribution in [-0.2, 0) is 11.8 Å². The first kappa shape index (κ1) is 16.6. The third-order valence-electron chi connectivity index (χ3n) is 3.86. The van der Waals surface area contributed by atoms with Crippen LogP contribution in [0.15, 0.2) is 24.4 Å². The second-order valence-corrected chi connectivity index (χ2v) is 6.14. The quantitative estimate of drug-likeness (QED) is 0.857. The zero-order valence-corrected chi connectivity index (χ0v) is 13.9. The number of aromatic nitrogens is 3. The Morgan fingerprint density at radius 3 is 2.92 bits per heavy atom. The van der Waals surface area contributed by atoms with Crippen molar-refractivity contribution in [2.24, 2.45) is 13.0 Å². The van der Waals surface area contributed by atoms with Gasteiger partial charge in [-0.05, 0) is 31.0 Å². The van der Waals surface area contributed by atoms with Gasteiger partial charge in [0.2, 0.25) is 0 Å². The van der Waals surface area contributed by atoms with Gasteiger partial charge in [-0.15, -0.1) is 5.10 Å². The highest BCUT2D eigenvalue weighted by molar-refractivity contribution is 6.31. The SMILES string of the molecule is Cn1cc(C(=O)Nc2cc(Cl)ccc2C(=O)C2CCCOC2)nn1. The van der Waals surface area contributed by atoms with Gasteiger partial charge in [0.15, 0.2) is 11.5 Å². The number of benzene rings is 1. The Kier molecular flexibility index (Phi) is 4.92. The molecular weight excluding hydrogens is 332 g/mol. The van der Waals surface area contributed by atoms with Crippen molar-refractivity contribution in [3.63, 3.8) is 0 Å². The van der Waals surface area contributed by atoms with E-state index in [4.69, 9.17) is 16.3 Å². The third-order valence-corrected chi connectivity index (χ3v) is 4.10. The highest BCUT2D eigenvalue weighted by atomic mass is 35.5. The monoisotopic (exact) mass is 348 g/mol. The fourth-order valence-electron chi connectivity index (χ4n) is 2.64. The molecule has 0 spiro atoms. The van der Waals surface area contributed by atoms with Crippen molar-refractivity contribution in [3.8, 4) is 0 Å². The maximum Gasteiger partial charge on any atom is 0.277 e. The number of ketones is 1. The maximum atomic E-state index is 12.7. The summed E-state index contributed by atoms with van der Waals surface area (Å²) in [5.41, 5.74) is 0.956. The first-order valence-electron chi connectivity index (χ1n) is 7.64. The maximum absolute atomic E-state index is 12.7. The van der Waals surface area contributed by atoms with Crippen LogP contribution in [-0.4, -0.2) is 39.9 Å². The molecule has 0 bridgehead atoms. The molecule has 1 aromatic carbocycles. The topological polar surface area (TPSA) is 86.1 Å². The fraction of sp³-hybridized carbons (Fsp3) is 0.375. The van der Waals surface area contributed by atoms with Gasteiger partial charge in [-0.3, -0.25) is 14.3 Å². The normalized spacial score (nSPS) is 17.5. The highest BCUT2D eigenvalue weighted by Crippen LogP contribution is 2.27. The molecule has 1 N–H and O–H groups in total. The zero-order valence-electron chi connectivity index (χ0n) is 13.2. The number of ether oxygens (including phenoxy) is 1. The molecule has 2 heterocycles. The number of amides is 1. The standard InChI is InChI=1S/C16H17ClN4O3/c1-21-8-14(19-20-21)16(23)18-13-7-11(17)4-5-12(13)15(22)10-3-2-6-24-9-10/h4-5,7-8,10H,2-3,6,9H2,1H3,(H,18,23). The first-order valence-corrected chi connectivity index (χ1v) is 8.01. The second-order valence-electron chi connectivity index (χ2n) is 5.70. The minimum atomic E-state index is -0.445. The number of rotatable bonds is 4. The molecule has 1 unspecified atom stereocenters. The van der Waals surface area contributed by atoms with E-state index in [2.05, 4.69) is 15.6 Å². The van der Waals surface area contributed by atoms with Gasteiger partial charge in [-0.1, -0.05) is 16.8 Å². The number of nitrogens with zero attached hydrogens (tertiary/aromatic N) is 3. The number of carbonyl (C=O) groups is 2. The average Bonchev–Trinajstić information content (AvgIpc) is 3.02. The van der Waals surface area contributed by atoms with E-state index in [0.29, 0.717) is 29.5 Å². The number of halogens is 1. The molecule has 126 valence electrons. The largest absolute Gasteiger partial charge is 0.381 e. The molecule has 1 aliphatic heterocycles. The van der Waals surface area contributed by atoms with Crippen LogP contribution in [0.2, 0.25) is 5.02 Å². The number of anilines is 1. The molecule has 0 saturated carbocycles. The Balaban J connectivity index is 1.85. The average molecular weight is 349 g/mol. The lowest BCUT2D eigenvalue weighted by atomic mass is 9.92. The zero-order chi connectivity index (χ0) is 17.1. The minimum Gasteiger partial charge on any atom is -0.381 e. The van der Waals surface area contributed by atoms with E-state index in [1.54, 1.807) is 25.2 Å². The van der Waals surface area contributed by atoms with E-state index in [1.807, 2.05) is 0 Å². The predicted molar refractivity (Wildman–Crippen MR) is 88.3 cm³/mol. The van der Waals surface area contributed by atoms with Crippen molar-refractivity contribution in [2.75, 3.05) is 18.5 Å². The van der Waals surface area contributed by atoms with Gasteiger partial charge in [-0.25, -0.2) is 0 Å². The van der Waals surface area contributed by atoms with E-state index < -0.39 is 5.91 Å². The summed E-state index contributed by atoms with van der Waals surface area (Å²) >= 11 is 6.02. The lowest BCUT2D eigenvalue weighted by Gasteiger charge is -2.22. The van der Waals surface area contributed by atoms with E-state index in [0.717, 1.165) is 12.8 Å². The van der Waals surface area contributed by atoms with E-state index >= 15 is 0 Å². The molecule has 1 saturated heterocycles. The molecule has 1 aromatic heterocycles. The van der Waals surface area contributed by atoms with Crippen molar-refractivity contribution in [2.45, 2.75) is 12.8 Å². The van der Waals surface area contributed by atoms with Gasteiger partial charge in [0.25, 0.3) is 5.91 Å². The molecule has 1 amide bonds. The van der Waals surface area contributed by atoms with Gasteiger partial charge < -0.3 is 10.1 Å². The molecule has 1 fully saturated rings. The van der Waals surface area contributed by atoms with Crippen molar-refractivity contribution in [1.82, 2.24) is 15.0 Å². The molecule has 7 nitrogen and oxygen atoms in total. The smallest absolute Gasteiger partial charge is 0.277 e. The minimum absolute atomic E-state index is 0.0548. The second kappa shape index (κ2) is 7.11. The summed E-state index contributed by atoms with van der Waals surface area (Å²) in [4.78, 5) is 25.0. The highest BCUT2D eigenvalue weighted by Gasteiger charge is 2.26. The van der Waals surface area contributed by atoms with Crippen LogP contribution >= 0.6 is 11.6 Å². The van der Waals surface area contributed by atoms with Crippen molar-refractivity contribution >= 4 is 29.0 Å². The molecule has 2 aromatic rings. The molecule has 0 radical (unpaired) electrons. The molecule has 3 rings (SSSR count). The number of aryl methyl sites for hydroxylation is 1. The van der Waals surface area contributed by atoms with Crippen LogP contribution in [0.1, 0.15) is 33.7 Å². The molecule has 8 heteroatoms. The number of hydrogen-bond donors (Lipinski definition) is 1. The van der Waals surface area contributed by atoms with Crippen LogP contribution in [0.25, 0.3) is 0 Å². The van der Waals surface area contributed by atoms with Crippen molar-refractivity contribution in [1.29, 1.82) is 0 Å². The van der Waals surface area contributed by atoms with Crippen LogP contribution in [0.4, 0.5) is 5.69 Å². The summed E-state index contributed by atoms with van der Waals surface area (Å²) in [6.07, 6.45) is 3.13. The molecule has 24 heavy (non-hydrogen) atoms. The fourth-order valence-corrected chi connectivity index (χ4v) is 2.81. The first-order chi connectivity index (χ1) is 11.5. The number of Topliss-reactive ketones (excluding diaryl/α,β-unsaturated/α-hetero) is 1. The Hall–Kier alpha value is -2.25. The van der Waals surface area contributed by atoms with Gasteiger partial charge in [0, 0.05) is 30.2 Å². The lowest BCUT2D eigenvalue weighted by molar-refractivity contribution is 0.0462. The van der Waals surface area contributed by atoms with Crippen LogP contribution < -0.4 is 5.32 Å². The van der Waals surface area contributed by atoms with Gasteiger partial charge >= 0.3 is 0 Å². The van der Waals surface area contributed by atoms with Crippen molar-refractivity contribution < 1.29 is 14.3 Å². The molecule has 0 aliphatic carbocycles. The Labute approximate surface area is 143 Å². The van der Waals surface area contributed by atoms with Gasteiger partial charge in [0.05, 0.1) is 18.5 Å². The number of carbonyl (C=O) groups excluding carboxylic acids is 2. The van der Waals surface area contributed by atoms with E-state index in [9.17, 15) is 9.59 Å². The van der Waals surface area contributed by atoms with Crippen LogP contribution in [0.3, 0.4) is 0 Å². The van der Waals surface area contributed by atoms with E-state index in [-0.39, 0.29) is 17.4 Å². The Morgan fingerprint density at radius 2 is 2.25 bits per heavy atom. The van der Waals surface area contributed by atoms with Gasteiger partial charge in [0.1, 0.15) is 0 Å². The van der Waals surface area contributed by atoms with Crippen LogP contribution in [0.5, 0.6) is 0 Å². The molecule has 1 aliphatic rings.